The smallest absolute Gasteiger partial charge is 0.249 e. The van der Waals surface area contributed by atoms with E-state index >= 15 is 0 Å². The molecule has 1 atom stereocenters. The third-order valence-electron chi connectivity index (χ3n) is 3.89. The van der Waals surface area contributed by atoms with Gasteiger partial charge in [-0.25, -0.2) is 8.42 Å². The molecule has 1 aromatic carbocycles. The molecule has 0 aliphatic carbocycles. The minimum absolute atomic E-state index is 0.0833. The van der Waals surface area contributed by atoms with Gasteiger partial charge < -0.3 is 19.5 Å². The third-order valence-corrected chi connectivity index (χ3v) is 5.07. The number of methoxy groups -OCH3 is 2. The fraction of sp³-hybridized carbons (Fsp3) is 0.562. The van der Waals surface area contributed by atoms with Crippen LogP contribution in [0.2, 0.25) is 0 Å². The van der Waals surface area contributed by atoms with Crippen LogP contribution in [0.5, 0.6) is 11.5 Å². The number of nitrogens with one attached hydrogen (secondary N) is 1. The molecular formula is C16H24N2O6S. The summed E-state index contributed by atoms with van der Waals surface area (Å²) < 4.78 is 41.3. The predicted molar refractivity (Wildman–Crippen MR) is 93.7 cm³/mol. The lowest BCUT2D eigenvalue weighted by atomic mass is 10.2. The number of carbonyl (C=O) groups is 1. The van der Waals surface area contributed by atoms with E-state index in [4.69, 9.17) is 14.2 Å². The number of amides is 1. The van der Waals surface area contributed by atoms with E-state index in [1.807, 2.05) is 0 Å². The molecule has 9 heteroatoms. The van der Waals surface area contributed by atoms with Crippen LogP contribution in [0, 0.1) is 0 Å². The largest absolute Gasteiger partial charge is 0.497 e. The molecule has 0 radical (unpaired) electrons. The number of carbonyl (C=O) groups excluding carboxylic acids is 1. The topological polar surface area (TPSA) is 94.2 Å². The van der Waals surface area contributed by atoms with Crippen molar-refractivity contribution >= 4 is 21.6 Å². The molecule has 0 spiro atoms. The molecule has 1 aliphatic rings. The molecule has 1 unspecified atom stereocenters. The van der Waals surface area contributed by atoms with E-state index in [0.717, 1.165) is 12.7 Å². The van der Waals surface area contributed by atoms with Crippen molar-refractivity contribution in [2.75, 3.05) is 44.5 Å². The van der Waals surface area contributed by atoms with E-state index < -0.39 is 16.1 Å². The Labute approximate surface area is 148 Å². The van der Waals surface area contributed by atoms with Crippen molar-refractivity contribution < 1.29 is 27.4 Å². The summed E-state index contributed by atoms with van der Waals surface area (Å²) in [7, 11) is -0.584. The molecule has 2 rings (SSSR count). The Kier molecular flexibility index (Phi) is 6.49. The summed E-state index contributed by atoms with van der Waals surface area (Å²) in [6.45, 7) is 0.831. The molecule has 0 bridgehead atoms. The van der Waals surface area contributed by atoms with Crippen molar-refractivity contribution in [3.8, 4) is 11.5 Å². The Morgan fingerprint density at radius 1 is 1.36 bits per heavy atom. The van der Waals surface area contributed by atoms with Crippen molar-refractivity contribution in [3.05, 3.63) is 18.2 Å². The van der Waals surface area contributed by atoms with Crippen molar-refractivity contribution in [1.29, 1.82) is 0 Å². The zero-order valence-electron chi connectivity index (χ0n) is 14.6. The summed E-state index contributed by atoms with van der Waals surface area (Å²) in [4.78, 5) is 12.0. The van der Waals surface area contributed by atoms with Crippen LogP contribution in [0.15, 0.2) is 18.2 Å². The SMILES string of the molecule is COc1ccc(N(CCNC(=O)C2CCCO2)S(C)(=O)=O)c(OC)c1. The molecule has 0 saturated carbocycles. The molecule has 8 nitrogen and oxygen atoms in total. The molecule has 0 aromatic heterocycles. The molecule has 25 heavy (non-hydrogen) atoms. The summed E-state index contributed by atoms with van der Waals surface area (Å²) in [5, 5.41) is 2.72. The number of anilines is 1. The highest BCUT2D eigenvalue weighted by molar-refractivity contribution is 7.92. The Morgan fingerprint density at radius 2 is 2.12 bits per heavy atom. The monoisotopic (exact) mass is 372 g/mol. The fourth-order valence-corrected chi connectivity index (χ4v) is 3.57. The second kappa shape index (κ2) is 8.39. The average molecular weight is 372 g/mol. The van der Waals surface area contributed by atoms with Gasteiger partial charge in [0, 0.05) is 19.2 Å². The number of ether oxygens (including phenoxy) is 3. The highest BCUT2D eigenvalue weighted by Gasteiger charge is 2.25. The van der Waals surface area contributed by atoms with E-state index in [1.165, 1.54) is 18.5 Å². The number of hydrogen-bond donors (Lipinski definition) is 1. The van der Waals surface area contributed by atoms with E-state index in [0.29, 0.717) is 30.2 Å². The first-order valence-electron chi connectivity index (χ1n) is 7.96. The second-order valence-corrected chi connectivity index (χ2v) is 7.57. The van der Waals surface area contributed by atoms with Crippen LogP contribution in [-0.2, 0) is 19.6 Å². The lowest BCUT2D eigenvalue weighted by molar-refractivity contribution is -0.129. The summed E-state index contributed by atoms with van der Waals surface area (Å²) in [5.74, 6) is 0.712. The van der Waals surface area contributed by atoms with Gasteiger partial charge in [0.05, 0.1) is 32.7 Å². The first-order valence-corrected chi connectivity index (χ1v) is 9.80. The van der Waals surface area contributed by atoms with Crippen LogP contribution < -0.4 is 19.1 Å². The standard InChI is InChI=1S/C16H24N2O6S/c1-22-12-6-7-13(15(11-12)23-2)18(25(3,20)21)9-8-17-16(19)14-5-4-10-24-14/h6-7,11,14H,4-5,8-10H2,1-3H3,(H,17,19). The lowest BCUT2D eigenvalue weighted by Crippen LogP contribution is -2.41. The summed E-state index contributed by atoms with van der Waals surface area (Å²) >= 11 is 0. The molecular weight excluding hydrogens is 348 g/mol. The van der Waals surface area contributed by atoms with E-state index in [2.05, 4.69) is 5.32 Å². The third kappa shape index (κ3) is 4.99. The summed E-state index contributed by atoms with van der Waals surface area (Å²) in [6.07, 6.45) is 2.21. The van der Waals surface area contributed by atoms with Gasteiger partial charge >= 0.3 is 0 Å². The Hall–Kier alpha value is -2.00. The number of rotatable bonds is 8. The van der Waals surface area contributed by atoms with Gasteiger partial charge in [0.25, 0.3) is 0 Å². The lowest BCUT2D eigenvalue weighted by Gasteiger charge is -2.25. The van der Waals surface area contributed by atoms with E-state index in [9.17, 15) is 13.2 Å². The molecule has 140 valence electrons. The number of nitrogens with zero attached hydrogens (tertiary/aromatic N) is 1. The normalized spacial score (nSPS) is 17.2. The Balaban J connectivity index is 2.10. The zero-order valence-corrected chi connectivity index (χ0v) is 15.5. The second-order valence-electron chi connectivity index (χ2n) is 5.67. The van der Waals surface area contributed by atoms with Gasteiger partial charge in [-0.2, -0.15) is 0 Å². The quantitative estimate of drug-likeness (QED) is 0.724. The average Bonchev–Trinajstić information content (AvgIpc) is 3.11. The molecule has 1 heterocycles. The van der Waals surface area contributed by atoms with Crippen LogP contribution in [0.4, 0.5) is 5.69 Å². The van der Waals surface area contributed by atoms with Gasteiger partial charge in [0.2, 0.25) is 15.9 Å². The zero-order chi connectivity index (χ0) is 18.4. The van der Waals surface area contributed by atoms with Crippen molar-refractivity contribution in [2.24, 2.45) is 0 Å². The first kappa shape index (κ1) is 19.3. The maximum atomic E-state index is 12.2. The number of benzene rings is 1. The molecule has 1 N–H and O–H groups in total. The summed E-state index contributed by atoms with van der Waals surface area (Å²) in [5.41, 5.74) is 0.386. The van der Waals surface area contributed by atoms with Crippen molar-refractivity contribution in [1.82, 2.24) is 5.32 Å². The van der Waals surface area contributed by atoms with Crippen LogP contribution in [0.1, 0.15) is 12.8 Å². The van der Waals surface area contributed by atoms with Gasteiger partial charge in [-0.05, 0) is 25.0 Å². The van der Waals surface area contributed by atoms with Gasteiger partial charge in [0.15, 0.2) is 0 Å². The minimum Gasteiger partial charge on any atom is -0.497 e. The number of hydrogen-bond acceptors (Lipinski definition) is 6. The minimum atomic E-state index is -3.56. The highest BCUT2D eigenvalue weighted by atomic mass is 32.2. The molecule has 1 aliphatic heterocycles. The van der Waals surface area contributed by atoms with Crippen molar-refractivity contribution in [2.45, 2.75) is 18.9 Å². The van der Waals surface area contributed by atoms with Crippen LogP contribution in [0.3, 0.4) is 0 Å². The number of sulfonamides is 1. The Bertz CT molecular complexity index is 701. The highest BCUT2D eigenvalue weighted by Crippen LogP contribution is 2.33. The van der Waals surface area contributed by atoms with Gasteiger partial charge in [-0.1, -0.05) is 0 Å². The maximum Gasteiger partial charge on any atom is 0.249 e. The molecule has 1 fully saturated rings. The fourth-order valence-electron chi connectivity index (χ4n) is 2.63. The van der Waals surface area contributed by atoms with Gasteiger partial charge in [-0.3, -0.25) is 9.10 Å². The van der Waals surface area contributed by atoms with Gasteiger partial charge in [0.1, 0.15) is 17.6 Å². The Morgan fingerprint density at radius 3 is 2.68 bits per heavy atom. The summed E-state index contributed by atoms with van der Waals surface area (Å²) in [6, 6.07) is 4.88. The first-order chi connectivity index (χ1) is 11.9. The van der Waals surface area contributed by atoms with Crippen LogP contribution >= 0.6 is 0 Å². The van der Waals surface area contributed by atoms with E-state index in [-0.39, 0.29) is 19.0 Å². The molecule has 1 saturated heterocycles. The van der Waals surface area contributed by atoms with Gasteiger partial charge in [-0.15, -0.1) is 0 Å². The van der Waals surface area contributed by atoms with E-state index in [1.54, 1.807) is 18.2 Å². The van der Waals surface area contributed by atoms with Crippen molar-refractivity contribution in [3.63, 3.8) is 0 Å². The predicted octanol–water partition coefficient (Wildman–Crippen LogP) is 0.765. The van der Waals surface area contributed by atoms with Crippen LogP contribution in [0.25, 0.3) is 0 Å². The molecule has 1 amide bonds. The maximum absolute atomic E-state index is 12.2. The molecule has 1 aromatic rings. The van der Waals surface area contributed by atoms with Crippen LogP contribution in [-0.4, -0.2) is 60.6 Å².